The van der Waals surface area contributed by atoms with Crippen molar-refractivity contribution in [3.05, 3.63) is 0 Å². The number of aliphatic carboxylic acids is 1. The fraction of sp³-hybridized carbons (Fsp3) is 0.909. The Balaban J connectivity index is 4.63. The first-order valence-corrected chi connectivity index (χ1v) is 5.08. The zero-order chi connectivity index (χ0) is 11.6. The van der Waals surface area contributed by atoms with E-state index >= 15 is 0 Å². The van der Waals surface area contributed by atoms with E-state index in [1.807, 2.05) is 18.9 Å². The highest BCUT2D eigenvalue weighted by Crippen LogP contribution is 2.23. The molecule has 1 atom stereocenters. The predicted molar refractivity (Wildman–Crippen MR) is 58.4 cm³/mol. The van der Waals surface area contributed by atoms with E-state index in [1.165, 1.54) is 0 Å². The summed E-state index contributed by atoms with van der Waals surface area (Å²) in [5.74, 6) is -0.744. The van der Waals surface area contributed by atoms with E-state index in [2.05, 4.69) is 20.8 Å². The van der Waals surface area contributed by atoms with Gasteiger partial charge in [0.2, 0.25) is 0 Å². The van der Waals surface area contributed by atoms with E-state index in [4.69, 9.17) is 5.11 Å². The standard InChI is InChI=1S/C11H23NO2/c1-7-11(5,9(13)14)12(6)8-10(2,3)4/h7-8H2,1-6H3,(H,13,14). The molecule has 0 spiro atoms. The number of rotatable bonds is 4. The number of hydrogen-bond acceptors (Lipinski definition) is 2. The van der Waals surface area contributed by atoms with Gasteiger partial charge in [0.05, 0.1) is 0 Å². The lowest BCUT2D eigenvalue weighted by atomic mass is 9.91. The largest absolute Gasteiger partial charge is 0.480 e. The quantitative estimate of drug-likeness (QED) is 0.758. The third kappa shape index (κ3) is 3.29. The van der Waals surface area contributed by atoms with Crippen molar-refractivity contribution in [1.82, 2.24) is 4.90 Å². The van der Waals surface area contributed by atoms with Gasteiger partial charge in [0, 0.05) is 6.54 Å². The van der Waals surface area contributed by atoms with Gasteiger partial charge in [-0.05, 0) is 25.8 Å². The summed E-state index contributed by atoms with van der Waals surface area (Å²) in [4.78, 5) is 13.1. The fourth-order valence-electron chi connectivity index (χ4n) is 1.47. The van der Waals surface area contributed by atoms with Crippen molar-refractivity contribution >= 4 is 5.97 Å². The molecule has 0 amide bonds. The molecule has 0 saturated carbocycles. The second-order valence-corrected chi connectivity index (χ2v) is 5.35. The van der Waals surface area contributed by atoms with Crippen molar-refractivity contribution < 1.29 is 9.90 Å². The maximum atomic E-state index is 11.1. The van der Waals surface area contributed by atoms with Crippen molar-refractivity contribution in [3.8, 4) is 0 Å². The summed E-state index contributed by atoms with van der Waals surface area (Å²) in [6.07, 6.45) is 0.620. The Kier molecular flexibility index (Phi) is 4.13. The molecular weight excluding hydrogens is 178 g/mol. The first-order valence-electron chi connectivity index (χ1n) is 5.08. The fourth-order valence-corrected chi connectivity index (χ4v) is 1.47. The maximum absolute atomic E-state index is 11.1. The maximum Gasteiger partial charge on any atom is 0.323 e. The Morgan fingerprint density at radius 2 is 1.71 bits per heavy atom. The number of nitrogens with zero attached hydrogens (tertiary/aromatic N) is 1. The second-order valence-electron chi connectivity index (χ2n) is 5.35. The summed E-state index contributed by atoms with van der Waals surface area (Å²) in [7, 11) is 1.88. The number of carboxylic acid groups (broad SMARTS) is 1. The Bertz CT molecular complexity index is 208. The van der Waals surface area contributed by atoms with Crippen LogP contribution in [0.3, 0.4) is 0 Å². The smallest absolute Gasteiger partial charge is 0.323 e. The zero-order valence-corrected chi connectivity index (χ0v) is 10.2. The molecule has 3 heteroatoms. The van der Waals surface area contributed by atoms with Gasteiger partial charge < -0.3 is 5.11 Å². The first-order chi connectivity index (χ1) is 6.13. The topological polar surface area (TPSA) is 40.5 Å². The molecule has 0 radical (unpaired) electrons. The van der Waals surface area contributed by atoms with Crippen molar-refractivity contribution in [2.24, 2.45) is 5.41 Å². The molecule has 0 saturated heterocycles. The monoisotopic (exact) mass is 201 g/mol. The van der Waals surface area contributed by atoms with E-state index in [0.29, 0.717) is 6.42 Å². The van der Waals surface area contributed by atoms with Crippen molar-refractivity contribution in [3.63, 3.8) is 0 Å². The normalized spacial score (nSPS) is 16.8. The van der Waals surface area contributed by atoms with Crippen LogP contribution < -0.4 is 0 Å². The second kappa shape index (κ2) is 4.30. The number of carboxylic acids is 1. The van der Waals surface area contributed by atoms with Gasteiger partial charge in [-0.1, -0.05) is 27.7 Å². The van der Waals surface area contributed by atoms with Gasteiger partial charge in [-0.25, -0.2) is 0 Å². The van der Waals surface area contributed by atoms with Crippen LogP contribution in [0.2, 0.25) is 0 Å². The molecule has 0 aliphatic carbocycles. The zero-order valence-electron chi connectivity index (χ0n) is 10.2. The summed E-state index contributed by atoms with van der Waals surface area (Å²) in [5.41, 5.74) is -0.617. The summed E-state index contributed by atoms with van der Waals surface area (Å²) in [6.45, 7) is 10.8. The van der Waals surface area contributed by atoms with Gasteiger partial charge in [0.1, 0.15) is 5.54 Å². The average Bonchev–Trinajstić information content (AvgIpc) is 1.99. The Morgan fingerprint density at radius 1 is 1.29 bits per heavy atom. The highest BCUT2D eigenvalue weighted by Gasteiger charge is 2.36. The molecular formula is C11H23NO2. The number of hydrogen-bond donors (Lipinski definition) is 1. The van der Waals surface area contributed by atoms with Gasteiger partial charge >= 0.3 is 5.97 Å². The van der Waals surface area contributed by atoms with Crippen LogP contribution in [0.15, 0.2) is 0 Å². The van der Waals surface area contributed by atoms with Crippen LogP contribution in [0.1, 0.15) is 41.0 Å². The van der Waals surface area contributed by atoms with Crippen LogP contribution in [-0.4, -0.2) is 35.1 Å². The Labute approximate surface area is 87.1 Å². The van der Waals surface area contributed by atoms with E-state index in [0.717, 1.165) is 6.54 Å². The average molecular weight is 201 g/mol. The van der Waals surface area contributed by atoms with Gasteiger partial charge in [0.25, 0.3) is 0 Å². The number of carbonyl (C=O) groups is 1. The van der Waals surface area contributed by atoms with Crippen LogP contribution in [0, 0.1) is 5.41 Å². The highest BCUT2D eigenvalue weighted by molar-refractivity contribution is 5.78. The molecule has 1 N–H and O–H groups in total. The van der Waals surface area contributed by atoms with Gasteiger partial charge in [-0.15, -0.1) is 0 Å². The van der Waals surface area contributed by atoms with Crippen LogP contribution in [-0.2, 0) is 4.79 Å². The minimum atomic E-state index is -0.744. The SMILES string of the molecule is CCC(C)(C(=O)O)N(C)CC(C)(C)C. The van der Waals surface area contributed by atoms with Crippen molar-refractivity contribution in [1.29, 1.82) is 0 Å². The van der Waals surface area contributed by atoms with Crippen molar-refractivity contribution in [2.45, 2.75) is 46.6 Å². The van der Waals surface area contributed by atoms with E-state index in [1.54, 1.807) is 6.92 Å². The van der Waals surface area contributed by atoms with Crippen LogP contribution in [0.25, 0.3) is 0 Å². The Morgan fingerprint density at radius 3 is 1.93 bits per heavy atom. The van der Waals surface area contributed by atoms with Crippen LogP contribution >= 0.6 is 0 Å². The molecule has 84 valence electrons. The number of likely N-dealkylation sites (N-methyl/N-ethyl adjacent to an activating group) is 1. The highest BCUT2D eigenvalue weighted by atomic mass is 16.4. The summed E-state index contributed by atoms with van der Waals surface area (Å²) in [5, 5.41) is 9.16. The minimum Gasteiger partial charge on any atom is -0.480 e. The van der Waals surface area contributed by atoms with Gasteiger partial charge in [-0.3, -0.25) is 9.69 Å². The third-order valence-corrected chi connectivity index (χ3v) is 2.70. The van der Waals surface area contributed by atoms with E-state index in [-0.39, 0.29) is 5.41 Å². The molecule has 0 rings (SSSR count). The molecule has 0 bridgehead atoms. The van der Waals surface area contributed by atoms with Gasteiger partial charge in [0.15, 0.2) is 0 Å². The molecule has 14 heavy (non-hydrogen) atoms. The predicted octanol–water partition coefficient (Wildman–Crippen LogP) is 2.22. The molecule has 0 aromatic rings. The first kappa shape index (κ1) is 13.4. The van der Waals surface area contributed by atoms with Crippen LogP contribution in [0.5, 0.6) is 0 Å². The molecule has 1 unspecified atom stereocenters. The Hall–Kier alpha value is -0.570. The van der Waals surface area contributed by atoms with E-state index in [9.17, 15) is 4.79 Å². The summed E-state index contributed by atoms with van der Waals surface area (Å²) < 4.78 is 0. The molecule has 0 aromatic carbocycles. The molecule has 0 aliphatic rings. The van der Waals surface area contributed by atoms with Crippen LogP contribution in [0.4, 0.5) is 0 Å². The third-order valence-electron chi connectivity index (χ3n) is 2.70. The molecule has 0 heterocycles. The van der Waals surface area contributed by atoms with Crippen molar-refractivity contribution in [2.75, 3.05) is 13.6 Å². The molecule has 0 aliphatic heterocycles. The lowest BCUT2D eigenvalue weighted by Gasteiger charge is -2.38. The minimum absolute atomic E-state index is 0.126. The summed E-state index contributed by atoms with van der Waals surface area (Å²) >= 11 is 0. The lowest BCUT2D eigenvalue weighted by molar-refractivity contribution is -0.150. The molecule has 3 nitrogen and oxygen atoms in total. The summed E-state index contributed by atoms with van der Waals surface area (Å²) in [6, 6.07) is 0. The van der Waals surface area contributed by atoms with Gasteiger partial charge in [-0.2, -0.15) is 0 Å². The molecule has 0 aromatic heterocycles. The van der Waals surface area contributed by atoms with E-state index < -0.39 is 11.5 Å². The molecule has 0 fully saturated rings. The lowest BCUT2D eigenvalue weighted by Crippen LogP contribution is -2.52.